The van der Waals surface area contributed by atoms with Crippen LogP contribution in [-0.2, 0) is 12.8 Å². The van der Waals surface area contributed by atoms with E-state index >= 15 is 0 Å². The molecule has 0 bridgehead atoms. The quantitative estimate of drug-likeness (QED) is 0.880. The van der Waals surface area contributed by atoms with E-state index in [9.17, 15) is 5.11 Å². The minimum absolute atomic E-state index is 0.378. The summed E-state index contributed by atoms with van der Waals surface area (Å²) in [6.07, 6.45) is 2.57. The minimum atomic E-state index is -0.541. The monoisotopic (exact) mass is 331 g/mol. The normalized spacial score (nSPS) is 18.3. The van der Waals surface area contributed by atoms with Gasteiger partial charge >= 0.3 is 0 Å². The van der Waals surface area contributed by atoms with E-state index in [-0.39, 0.29) is 0 Å². The molecule has 0 amide bonds. The van der Waals surface area contributed by atoms with Crippen LogP contribution in [0.1, 0.15) is 29.2 Å². The van der Waals surface area contributed by atoms with Gasteiger partial charge in [0.1, 0.15) is 5.75 Å². The van der Waals surface area contributed by atoms with E-state index in [1.807, 2.05) is 30.3 Å². The predicted molar refractivity (Wildman–Crippen MR) is 93.2 cm³/mol. The summed E-state index contributed by atoms with van der Waals surface area (Å²) >= 11 is 5.98. The molecule has 2 unspecified atom stereocenters. The minimum Gasteiger partial charge on any atom is -0.497 e. The summed E-state index contributed by atoms with van der Waals surface area (Å²) in [5.74, 6) is 0.906. The average molecular weight is 332 g/mol. The highest BCUT2D eigenvalue weighted by Crippen LogP contribution is 2.26. The molecule has 122 valence electrons. The Hall–Kier alpha value is -1.55. The van der Waals surface area contributed by atoms with Gasteiger partial charge < -0.3 is 15.2 Å². The number of methoxy groups -OCH3 is 1. The molecule has 0 fully saturated rings. The van der Waals surface area contributed by atoms with Crippen LogP contribution in [0.25, 0.3) is 0 Å². The molecule has 3 nitrogen and oxygen atoms in total. The first kappa shape index (κ1) is 16.3. The van der Waals surface area contributed by atoms with Gasteiger partial charge in [-0.2, -0.15) is 0 Å². The highest BCUT2D eigenvalue weighted by molar-refractivity contribution is 6.30. The number of hydrogen-bond acceptors (Lipinski definition) is 3. The van der Waals surface area contributed by atoms with Gasteiger partial charge in [-0.05, 0) is 60.2 Å². The Kier molecular flexibility index (Phi) is 5.21. The summed E-state index contributed by atoms with van der Waals surface area (Å²) in [6, 6.07) is 14.1. The molecule has 0 saturated carbocycles. The molecule has 0 spiro atoms. The van der Waals surface area contributed by atoms with E-state index < -0.39 is 6.10 Å². The van der Waals surface area contributed by atoms with Crippen LogP contribution < -0.4 is 10.1 Å². The smallest absolute Gasteiger partial charge is 0.119 e. The van der Waals surface area contributed by atoms with Gasteiger partial charge in [0.05, 0.1) is 13.2 Å². The number of halogens is 1. The lowest BCUT2D eigenvalue weighted by atomic mass is 9.88. The molecule has 0 saturated heterocycles. The van der Waals surface area contributed by atoms with Crippen LogP contribution in [0.3, 0.4) is 0 Å². The van der Waals surface area contributed by atoms with Crippen molar-refractivity contribution in [2.45, 2.75) is 31.4 Å². The fraction of sp³-hybridized carbons (Fsp3) is 0.368. The summed E-state index contributed by atoms with van der Waals surface area (Å²) in [5.41, 5.74) is 3.59. The van der Waals surface area contributed by atoms with Crippen molar-refractivity contribution in [1.82, 2.24) is 5.32 Å². The largest absolute Gasteiger partial charge is 0.497 e. The van der Waals surface area contributed by atoms with E-state index in [1.54, 1.807) is 7.11 Å². The zero-order valence-electron chi connectivity index (χ0n) is 13.3. The number of aryl methyl sites for hydroxylation is 1. The Morgan fingerprint density at radius 2 is 2.13 bits per heavy atom. The molecule has 3 rings (SSSR count). The van der Waals surface area contributed by atoms with Crippen molar-refractivity contribution in [2.24, 2.45) is 0 Å². The number of hydrogen-bond donors (Lipinski definition) is 2. The molecular weight excluding hydrogens is 310 g/mol. The molecule has 0 heterocycles. The van der Waals surface area contributed by atoms with Gasteiger partial charge in [-0.15, -0.1) is 0 Å². The fourth-order valence-electron chi connectivity index (χ4n) is 3.14. The van der Waals surface area contributed by atoms with E-state index in [1.165, 1.54) is 11.1 Å². The second kappa shape index (κ2) is 7.35. The van der Waals surface area contributed by atoms with Gasteiger partial charge in [0.15, 0.2) is 0 Å². The van der Waals surface area contributed by atoms with Crippen molar-refractivity contribution in [2.75, 3.05) is 13.7 Å². The van der Waals surface area contributed by atoms with Gasteiger partial charge in [-0.1, -0.05) is 29.8 Å². The summed E-state index contributed by atoms with van der Waals surface area (Å²) in [7, 11) is 1.70. The topological polar surface area (TPSA) is 41.5 Å². The number of aliphatic hydroxyl groups excluding tert-OH is 1. The molecule has 2 aromatic carbocycles. The van der Waals surface area contributed by atoms with E-state index in [0.717, 1.165) is 30.6 Å². The van der Waals surface area contributed by atoms with Crippen molar-refractivity contribution in [3.63, 3.8) is 0 Å². The number of ether oxygens (including phenoxy) is 1. The van der Waals surface area contributed by atoms with Crippen LogP contribution in [0.15, 0.2) is 42.5 Å². The average Bonchev–Trinajstić information content (AvgIpc) is 2.58. The van der Waals surface area contributed by atoms with Gasteiger partial charge in [-0.3, -0.25) is 0 Å². The van der Waals surface area contributed by atoms with E-state index in [4.69, 9.17) is 16.3 Å². The third-order valence-corrected chi connectivity index (χ3v) is 4.71. The Balaban J connectivity index is 1.59. The molecule has 2 atom stereocenters. The first-order chi connectivity index (χ1) is 11.2. The molecule has 23 heavy (non-hydrogen) atoms. The fourth-order valence-corrected chi connectivity index (χ4v) is 3.34. The molecule has 0 aliphatic heterocycles. The summed E-state index contributed by atoms with van der Waals surface area (Å²) < 4.78 is 5.31. The van der Waals surface area contributed by atoms with Gasteiger partial charge in [0, 0.05) is 17.6 Å². The zero-order valence-corrected chi connectivity index (χ0v) is 14.0. The third kappa shape index (κ3) is 4.05. The summed E-state index contributed by atoms with van der Waals surface area (Å²) in [4.78, 5) is 0. The van der Waals surface area contributed by atoms with Crippen LogP contribution in [0, 0.1) is 0 Å². The van der Waals surface area contributed by atoms with Crippen molar-refractivity contribution in [3.05, 3.63) is 64.2 Å². The van der Waals surface area contributed by atoms with Crippen LogP contribution in [0.2, 0.25) is 5.02 Å². The molecule has 1 aliphatic carbocycles. The summed E-state index contributed by atoms with van der Waals surface area (Å²) in [5, 5.41) is 14.4. The van der Waals surface area contributed by atoms with Gasteiger partial charge in [-0.25, -0.2) is 0 Å². The van der Waals surface area contributed by atoms with Crippen LogP contribution in [0.4, 0.5) is 0 Å². The third-order valence-electron chi connectivity index (χ3n) is 4.48. The van der Waals surface area contributed by atoms with Gasteiger partial charge in [0.2, 0.25) is 0 Å². The number of aliphatic hydroxyl groups is 1. The van der Waals surface area contributed by atoms with Crippen molar-refractivity contribution < 1.29 is 9.84 Å². The van der Waals surface area contributed by atoms with Crippen LogP contribution in [0.5, 0.6) is 5.75 Å². The molecule has 2 N–H and O–H groups in total. The highest BCUT2D eigenvalue weighted by atomic mass is 35.5. The maximum absolute atomic E-state index is 10.3. The molecule has 4 heteroatoms. The number of rotatable bonds is 5. The summed E-state index contributed by atoms with van der Waals surface area (Å²) in [6.45, 7) is 0.532. The lowest BCUT2D eigenvalue weighted by Crippen LogP contribution is -2.37. The first-order valence-electron chi connectivity index (χ1n) is 7.98. The van der Waals surface area contributed by atoms with Crippen molar-refractivity contribution in [1.29, 1.82) is 0 Å². The number of nitrogens with one attached hydrogen (secondary N) is 1. The lowest BCUT2D eigenvalue weighted by molar-refractivity contribution is 0.168. The Morgan fingerprint density at radius 3 is 2.91 bits per heavy atom. The van der Waals surface area contributed by atoms with Crippen LogP contribution in [-0.4, -0.2) is 24.8 Å². The standard InChI is InChI=1S/C19H22ClNO2/c1-23-18-8-6-13-5-7-17(10-15(13)11-18)21-12-19(22)14-3-2-4-16(20)9-14/h2-4,6,8-9,11,17,19,21-22H,5,7,10,12H2,1H3. The molecule has 2 aromatic rings. The Labute approximate surface area is 142 Å². The molecule has 0 radical (unpaired) electrons. The number of benzene rings is 2. The molecule has 0 aromatic heterocycles. The Bertz CT molecular complexity index is 674. The SMILES string of the molecule is COc1ccc2c(c1)CC(NCC(O)c1cccc(Cl)c1)CC2. The second-order valence-corrected chi connectivity index (χ2v) is 6.49. The van der Waals surface area contributed by atoms with Crippen molar-refractivity contribution in [3.8, 4) is 5.75 Å². The second-order valence-electron chi connectivity index (χ2n) is 6.05. The van der Waals surface area contributed by atoms with E-state index in [2.05, 4.69) is 17.4 Å². The van der Waals surface area contributed by atoms with Crippen LogP contribution >= 0.6 is 11.6 Å². The Morgan fingerprint density at radius 1 is 1.26 bits per heavy atom. The predicted octanol–water partition coefficient (Wildman–Crippen LogP) is 3.53. The van der Waals surface area contributed by atoms with E-state index in [0.29, 0.717) is 17.6 Å². The molecular formula is C19H22ClNO2. The maximum Gasteiger partial charge on any atom is 0.119 e. The highest BCUT2D eigenvalue weighted by Gasteiger charge is 2.20. The lowest BCUT2D eigenvalue weighted by Gasteiger charge is -2.27. The van der Waals surface area contributed by atoms with Gasteiger partial charge in [0.25, 0.3) is 0 Å². The number of fused-ring (bicyclic) bond motifs is 1. The zero-order chi connectivity index (χ0) is 16.2. The molecule has 1 aliphatic rings. The maximum atomic E-state index is 10.3. The first-order valence-corrected chi connectivity index (χ1v) is 8.36. The van der Waals surface area contributed by atoms with Crippen molar-refractivity contribution >= 4 is 11.6 Å².